The Balaban J connectivity index is 1.87. The van der Waals surface area contributed by atoms with Gasteiger partial charge in [-0.2, -0.15) is 0 Å². The van der Waals surface area contributed by atoms with Crippen LogP contribution in [0.1, 0.15) is 28.9 Å². The van der Waals surface area contributed by atoms with Crippen LogP contribution >= 0.6 is 0 Å². The minimum Gasteiger partial charge on any atom is -0.352 e. The van der Waals surface area contributed by atoms with Crippen LogP contribution in [-0.2, 0) is 24.4 Å². The molecule has 0 aliphatic rings. The summed E-state index contributed by atoms with van der Waals surface area (Å²) in [5, 5.41) is 2.86. The first-order valence-corrected chi connectivity index (χ1v) is 7.32. The van der Waals surface area contributed by atoms with Crippen LogP contribution in [-0.4, -0.2) is 15.5 Å². The van der Waals surface area contributed by atoms with E-state index in [0.717, 1.165) is 22.5 Å². The minimum absolute atomic E-state index is 0.0803. The van der Waals surface area contributed by atoms with Crippen molar-refractivity contribution in [2.75, 3.05) is 0 Å². The molecule has 0 atom stereocenters. The van der Waals surface area contributed by atoms with Gasteiger partial charge >= 0.3 is 5.69 Å². The van der Waals surface area contributed by atoms with Gasteiger partial charge in [0.2, 0.25) is 5.91 Å². The molecule has 118 valence electrons. The van der Waals surface area contributed by atoms with Crippen molar-refractivity contribution in [3.05, 3.63) is 57.3 Å². The summed E-state index contributed by atoms with van der Waals surface area (Å²) < 4.78 is 1.59. The molecule has 4 N–H and O–H groups in total. The first-order chi connectivity index (χ1) is 10.5. The maximum atomic E-state index is 11.9. The van der Waals surface area contributed by atoms with Crippen molar-refractivity contribution in [3.8, 4) is 0 Å². The third-order valence-corrected chi connectivity index (χ3v) is 3.77. The van der Waals surface area contributed by atoms with Crippen molar-refractivity contribution in [1.29, 1.82) is 0 Å². The van der Waals surface area contributed by atoms with Crippen LogP contribution in [0.25, 0.3) is 0 Å². The van der Waals surface area contributed by atoms with Gasteiger partial charge in [-0.15, -0.1) is 0 Å². The minimum atomic E-state index is -0.168. The molecule has 0 radical (unpaired) electrons. The monoisotopic (exact) mass is 302 g/mol. The number of aromatic amines is 1. The second kappa shape index (κ2) is 7.09. The zero-order chi connectivity index (χ0) is 16.1. The Hall–Kier alpha value is -2.34. The third-order valence-electron chi connectivity index (χ3n) is 3.77. The fourth-order valence-electron chi connectivity index (χ4n) is 2.31. The summed E-state index contributed by atoms with van der Waals surface area (Å²) in [4.78, 5) is 26.3. The lowest BCUT2D eigenvalue weighted by Gasteiger charge is -2.08. The molecule has 1 heterocycles. The first kappa shape index (κ1) is 16.0. The predicted molar refractivity (Wildman–Crippen MR) is 85.3 cm³/mol. The number of hydrogen-bond acceptors (Lipinski definition) is 3. The lowest BCUT2D eigenvalue weighted by atomic mass is 10.1. The van der Waals surface area contributed by atoms with Gasteiger partial charge in [0.1, 0.15) is 0 Å². The van der Waals surface area contributed by atoms with Gasteiger partial charge in [-0.1, -0.05) is 24.3 Å². The van der Waals surface area contributed by atoms with E-state index in [-0.39, 0.29) is 18.0 Å². The number of nitrogens with zero attached hydrogens (tertiary/aromatic N) is 1. The summed E-state index contributed by atoms with van der Waals surface area (Å²) in [7, 11) is 0. The highest BCUT2D eigenvalue weighted by molar-refractivity contribution is 5.75. The van der Waals surface area contributed by atoms with E-state index in [1.807, 2.05) is 38.1 Å². The van der Waals surface area contributed by atoms with Crippen molar-refractivity contribution >= 4 is 5.91 Å². The van der Waals surface area contributed by atoms with Crippen molar-refractivity contribution in [3.63, 3.8) is 0 Å². The first-order valence-electron chi connectivity index (χ1n) is 7.32. The van der Waals surface area contributed by atoms with E-state index in [0.29, 0.717) is 19.6 Å². The molecule has 6 nitrogen and oxygen atoms in total. The topological polar surface area (TPSA) is 92.9 Å². The number of imidazole rings is 1. The lowest BCUT2D eigenvalue weighted by Crippen LogP contribution is -2.26. The van der Waals surface area contributed by atoms with Gasteiger partial charge in [-0.25, -0.2) is 4.79 Å². The van der Waals surface area contributed by atoms with Crippen LogP contribution in [0, 0.1) is 13.8 Å². The van der Waals surface area contributed by atoms with Gasteiger partial charge in [-0.05, 0) is 25.0 Å². The van der Waals surface area contributed by atoms with Crippen LogP contribution in [0.5, 0.6) is 0 Å². The molecule has 22 heavy (non-hydrogen) atoms. The molecule has 1 amide bonds. The summed E-state index contributed by atoms with van der Waals surface area (Å²) in [6.07, 6.45) is 0.272. The average molecular weight is 302 g/mol. The second-order valence-corrected chi connectivity index (χ2v) is 5.34. The fraction of sp³-hybridized carbons (Fsp3) is 0.375. The Labute approximate surface area is 129 Å². The largest absolute Gasteiger partial charge is 0.352 e. The van der Waals surface area contributed by atoms with Gasteiger partial charge < -0.3 is 16.0 Å². The highest BCUT2D eigenvalue weighted by atomic mass is 16.2. The van der Waals surface area contributed by atoms with E-state index in [2.05, 4.69) is 10.3 Å². The zero-order valence-electron chi connectivity index (χ0n) is 13.0. The number of nitrogens with two attached hydrogens (primary N) is 1. The number of carbonyl (C=O) groups is 1. The molecule has 0 aliphatic carbocycles. The maximum Gasteiger partial charge on any atom is 0.325 e. The van der Waals surface area contributed by atoms with Gasteiger partial charge in [0.25, 0.3) is 0 Å². The van der Waals surface area contributed by atoms with Gasteiger partial charge in [0, 0.05) is 37.4 Å². The summed E-state index contributed by atoms with van der Waals surface area (Å²) in [5.41, 5.74) is 9.19. The predicted octanol–water partition coefficient (Wildman–Crippen LogP) is 0.958. The van der Waals surface area contributed by atoms with Gasteiger partial charge in [0.15, 0.2) is 0 Å². The van der Waals surface area contributed by atoms with Crippen molar-refractivity contribution in [1.82, 2.24) is 14.9 Å². The highest BCUT2D eigenvalue weighted by Crippen LogP contribution is 2.05. The van der Waals surface area contributed by atoms with Crippen LogP contribution in [0.3, 0.4) is 0 Å². The van der Waals surface area contributed by atoms with Crippen LogP contribution < -0.4 is 16.7 Å². The van der Waals surface area contributed by atoms with Crippen molar-refractivity contribution < 1.29 is 4.79 Å². The van der Waals surface area contributed by atoms with Crippen LogP contribution in [0.2, 0.25) is 0 Å². The molecule has 0 bridgehead atoms. The molecule has 1 aromatic carbocycles. The number of hydrogen-bond donors (Lipinski definition) is 3. The number of aryl methyl sites for hydroxylation is 1. The van der Waals surface area contributed by atoms with E-state index < -0.39 is 0 Å². The Kier molecular flexibility index (Phi) is 5.16. The van der Waals surface area contributed by atoms with Gasteiger partial charge in [-0.3, -0.25) is 9.36 Å². The highest BCUT2D eigenvalue weighted by Gasteiger charge is 2.08. The molecule has 1 aromatic heterocycles. The molecule has 0 aliphatic heterocycles. The fourth-order valence-corrected chi connectivity index (χ4v) is 2.31. The number of carbonyl (C=O) groups excluding carboxylic acids is 1. The molecule has 0 saturated heterocycles. The molecule has 0 spiro atoms. The number of benzene rings is 1. The molecular formula is C16H22N4O2. The molecule has 0 unspecified atom stereocenters. The molecule has 6 heteroatoms. The van der Waals surface area contributed by atoms with Crippen molar-refractivity contribution in [2.45, 2.75) is 39.9 Å². The van der Waals surface area contributed by atoms with E-state index >= 15 is 0 Å². The number of nitrogens with one attached hydrogen (secondary N) is 2. The summed E-state index contributed by atoms with van der Waals surface area (Å²) in [5.74, 6) is -0.0803. The van der Waals surface area contributed by atoms with Crippen LogP contribution in [0.15, 0.2) is 29.1 Å². The Morgan fingerprint density at radius 3 is 2.68 bits per heavy atom. The third kappa shape index (κ3) is 3.85. The van der Waals surface area contributed by atoms with Gasteiger partial charge in [0.05, 0.1) is 0 Å². The summed E-state index contributed by atoms with van der Waals surface area (Å²) >= 11 is 0. The maximum absolute atomic E-state index is 11.9. The smallest absolute Gasteiger partial charge is 0.325 e. The van der Waals surface area contributed by atoms with E-state index in [1.165, 1.54) is 0 Å². The summed E-state index contributed by atoms with van der Waals surface area (Å²) in [6, 6.07) is 7.80. The molecule has 2 rings (SSSR count). The Bertz CT molecular complexity index is 715. The summed E-state index contributed by atoms with van der Waals surface area (Å²) in [6.45, 7) is 5.04. The number of rotatable bonds is 6. The molecule has 0 saturated carbocycles. The Morgan fingerprint density at radius 2 is 2.05 bits per heavy atom. The van der Waals surface area contributed by atoms with E-state index in [9.17, 15) is 9.59 Å². The number of H-pyrrole nitrogens is 1. The quantitative estimate of drug-likeness (QED) is 0.742. The number of amides is 1. The number of aromatic nitrogens is 2. The van der Waals surface area contributed by atoms with E-state index in [4.69, 9.17) is 5.73 Å². The SMILES string of the molecule is Cc1[nH]c(=O)n(CCC(=O)NCc2cccc(CN)c2)c1C. The zero-order valence-corrected chi connectivity index (χ0v) is 13.0. The Morgan fingerprint density at radius 1 is 1.32 bits per heavy atom. The van der Waals surface area contributed by atoms with Crippen molar-refractivity contribution in [2.24, 2.45) is 5.73 Å². The molecule has 2 aromatic rings. The molecular weight excluding hydrogens is 280 g/mol. The normalized spacial score (nSPS) is 10.7. The standard InChI is InChI=1S/C16H22N4O2/c1-11-12(2)20(16(22)19-11)7-6-15(21)18-10-14-5-3-4-13(8-14)9-17/h3-5,8H,6-7,9-10,17H2,1-2H3,(H,18,21)(H,19,22). The average Bonchev–Trinajstić information content (AvgIpc) is 2.76. The second-order valence-electron chi connectivity index (χ2n) is 5.34. The van der Waals surface area contributed by atoms with E-state index in [1.54, 1.807) is 4.57 Å². The lowest BCUT2D eigenvalue weighted by molar-refractivity contribution is -0.121. The van der Waals surface area contributed by atoms with Crippen LogP contribution in [0.4, 0.5) is 0 Å². The molecule has 0 fully saturated rings.